The molecule has 4 aliphatic rings. The molecule has 100 valence electrons. The molecule has 0 amide bonds. The van der Waals surface area contributed by atoms with Crippen molar-refractivity contribution in [3.05, 3.63) is 0 Å². The van der Waals surface area contributed by atoms with Crippen LogP contribution in [0.25, 0.3) is 0 Å². The van der Waals surface area contributed by atoms with E-state index in [1.165, 1.54) is 19.3 Å². The molecule has 2 saturated carbocycles. The highest BCUT2D eigenvalue weighted by molar-refractivity contribution is 8.08. The van der Waals surface area contributed by atoms with Crippen LogP contribution in [0.4, 0.5) is 0 Å². The Labute approximate surface area is 117 Å². The van der Waals surface area contributed by atoms with Crippen LogP contribution >= 0.6 is 23.5 Å². The first-order chi connectivity index (χ1) is 8.66. The Morgan fingerprint density at radius 3 is 2.61 bits per heavy atom. The van der Waals surface area contributed by atoms with Gasteiger partial charge in [0.2, 0.25) is 0 Å². The lowest BCUT2D eigenvalue weighted by atomic mass is 9.67. The Hall–Kier alpha value is 0.170. The van der Waals surface area contributed by atoms with E-state index in [4.69, 9.17) is 0 Å². The molecule has 4 rings (SSSR count). The van der Waals surface area contributed by atoms with Crippen LogP contribution in [0.1, 0.15) is 44.9 Å². The van der Waals surface area contributed by atoms with Gasteiger partial charge in [0.1, 0.15) is 0 Å². The fraction of sp³-hybridized carbons (Fsp3) is 0.929. The molecule has 2 nitrogen and oxygen atoms in total. The summed E-state index contributed by atoms with van der Waals surface area (Å²) < 4.78 is 0. The first-order valence-electron chi connectivity index (χ1n) is 7.21. The van der Waals surface area contributed by atoms with Gasteiger partial charge in [-0.2, -0.15) is 23.5 Å². The van der Waals surface area contributed by atoms with Crippen LogP contribution in [0, 0.1) is 11.3 Å². The van der Waals surface area contributed by atoms with Crippen molar-refractivity contribution in [3.63, 3.8) is 0 Å². The van der Waals surface area contributed by atoms with Gasteiger partial charge < -0.3 is 5.11 Å². The Balaban J connectivity index is 1.46. The molecular formula is C14H20O2S2. The fourth-order valence-corrected chi connectivity index (χ4v) is 6.73. The van der Waals surface area contributed by atoms with E-state index in [2.05, 4.69) is 11.8 Å². The van der Waals surface area contributed by atoms with Gasteiger partial charge in [-0.25, -0.2) is 0 Å². The summed E-state index contributed by atoms with van der Waals surface area (Å²) in [6, 6.07) is 0. The quantitative estimate of drug-likeness (QED) is 0.806. The highest BCUT2D eigenvalue weighted by Gasteiger charge is 2.55. The molecule has 0 aromatic heterocycles. The molecule has 0 radical (unpaired) electrons. The summed E-state index contributed by atoms with van der Waals surface area (Å²) in [5.74, 6) is 0.191. The second-order valence-corrected chi connectivity index (χ2v) is 9.60. The summed E-state index contributed by atoms with van der Waals surface area (Å²) in [5.41, 5.74) is -0.359. The minimum Gasteiger partial charge on any atom is -0.481 e. The van der Waals surface area contributed by atoms with Crippen LogP contribution in [-0.2, 0) is 4.79 Å². The van der Waals surface area contributed by atoms with E-state index < -0.39 is 5.97 Å². The number of carboxylic acids is 1. The van der Waals surface area contributed by atoms with Gasteiger partial charge in [-0.3, -0.25) is 4.79 Å². The molecule has 0 aromatic rings. The van der Waals surface area contributed by atoms with Crippen LogP contribution in [0.15, 0.2) is 0 Å². The molecule has 2 heterocycles. The molecule has 2 aliphatic heterocycles. The standard InChI is InChI=1S/C14H20O2S2/c15-13(16)14(4-3-10-12(7-14)18-10)6-8-1-2-9-11(5-8)17-9/h8-12H,1-7H2,(H,15,16). The number of aliphatic carboxylic acids is 1. The number of fused-ring (bicyclic) bond motifs is 2. The van der Waals surface area contributed by atoms with Gasteiger partial charge in [-0.05, 0) is 50.9 Å². The Kier molecular flexibility index (Phi) is 2.71. The van der Waals surface area contributed by atoms with Crippen molar-refractivity contribution in [2.45, 2.75) is 65.9 Å². The topological polar surface area (TPSA) is 37.3 Å². The summed E-state index contributed by atoms with van der Waals surface area (Å²) in [6.07, 6.45) is 7.93. The van der Waals surface area contributed by atoms with Gasteiger partial charge >= 0.3 is 5.97 Å². The zero-order chi connectivity index (χ0) is 12.3. The number of rotatable bonds is 3. The van der Waals surface area contributed by atoms with Gasteiger partial charge in [-0.1, -0.05) is 0 Å². The summed E-state index contributed by atoms with van der Waals surface area (Å²) in [7, 11) is 0. The molecule has 18 heavy (non-hydrogen) atoms. The minimum atomic E-state index is -0.501. The maximum absolute atomic E-state index is 11.8. The second kappa shape index (κ2) is 4.08. The first kappa shape index (κ1) is 12.0. The lowest BCUT2D eigenvalue weighted by Gasteiger charge is -2.36. The van der Waals surface area contributed by atoms with Crippen LogP contribution in [0.2, 0.25) is 0 Å². The molecule has 2 saturated heterocycles. The normalized spacial score (nSPS) is 53.2. The summed E-state index contributed by atoms with van der Waals surface area (Å²) in [6.45, 7) is 0. The number of carboxylic acid groups (broad SMARTS) is 1. The summed E-state index contributed by atoms with van der Waals surface area (Å²) in [4.78, 5) is 11.8. The van der Waals surface area contributed by atoms with Crippen molar-refractivity contribution < 1.29 is 9.90 Å². The number of hydrogen-bond acceptors (Lipinski definition) is 3. The fourth-order valence-electron chi connectivity index (χ4n) is 4.21. The van der Waals surface area contributed by atoms with Gasteiger partial charge in [0.25, 0.3) is 0 Å². The van der Waals surface area contributed by atoms with E-state index in [-0.39, 0.29) is 5.41 Å². The van der Waals surface area contributed by atoms with Crippen LogP contribution in [0.5, 0.6) is 0 Å². The molecule has 4 heteroatoms. The lowest BCUT2D eigenvalue weighted by molar-refractivity contribution is -0.152. The molecular weight excluding hydrogens is 264 g/mol. The molecule has 6 unspecified atom stereocenters. The number of carbonyl (C=O) groups is 1. The molecule has 4 fully saturated rings. The smallest absolute Gasteiger partial charge is 0.309 e. The molecule has 1 N–H and O–H groups in total. The highest BCUT2D eigenvalue weighted by Crippen LogP contribution is 2.60. The molecule has 0 bridgehead atoms. The van der Waals surface area contributed by atoms with Crippen molar-refractivity contribution in [1.82, 2.24) is 0 Å². The van der Waals surface area contributed by atoms with Crippen LogP contribution in [0.3, 0.4) is 0 Å². The second-order valence-electron chi connectivity index (χ2n) is 6.64. The van der Waals surface area contributed by atoms with E-state index in [1.807, 2.05) is 11.8 Å². The van der Waals surface area contributed by atoms with E-state index in [0.29, 0.717) is 11.2 Å². The Bertz CT molecular complexity index is 386. The van der Waals surface area contributed by atoms with Gasteiger partial charge in [-0.15, -0.1) is 0 Å². The Morgan fingerprint density at radius 2 is 1.89 bits per heavy atom. The minimum absolute atomic E-state index is 0.359. The van der Waals surface area contributed by atoms with Gasteiger partial charge in [0.05, 0.1) is 5.41 Å². The van der Waals surface area contributed by atoms with Crippen molar-refractivity contribution in [2.75, 3.05) is 0 Å². The average Bonchev–Trinajstić information content (AvgIpc) is 3.22. The average molecular weight is 284 g/mol. The Morgan fingerprint density at radius 1 is 1.11 bits per heavy atom. The van der Waals surface area contributed by atoms with Crippen LogP contribution in [-0.4, -0.2) is 32.1 Å². The van der Waals surface area contributed by atoms with Gasteiger partial charge in [0, 0.05) is 21.0 Å². The molecule has 6 atom stereocenters. The van der Waals surface area contributed by atoms with E-state index in [9.17, 15) is 9.90 Å². The van der Waals surface area contributed by atoms with E-state index in [0.717, 1.165) is 41.4 Å². The van der Waals surface area contributed by atoms with Crippen molar-refractivity contribution >= 4 is 29.5 Å². The largest absolute Gasteiger partial charge is 0.481 e. The number of thioether (sulfide) groups is 2. The van der Waals surface area contributed by atoms with Crippen molar-refractivity contribution in [3.8, 4) is 0 Å². The SMILES string of the molecule is O=C(O)C1(CC2CCC3SC3C2)CCC2SC2C1. The third-order valence-corrected chi connectivity index (χ3v) is 8.35. The lowest BCUT2D eigenvalue weighted by Crippen LogP contribution is -2.38. The zero-order valence-electron chi connectivity index (χ0n) is 10.5. The molecule has 0 spiro atoms. The molecule has 0 aromatic carbocycles. The monoisotopic (exact) mass is 284 g/mol. The van der Waals surface area contributed by atoms with Crippen LogP contribution < -0.4 is 0 Å². The zero-order valence-corrected chi connectivity index (χ0v) is 12.1. The van der Waals surface area contributed by atoms with E-state index in [1.54, 1.807) is 0 Å². The predicted molar refractivity (Wildman–Crippen MR) is 76.2 cm³/mol. The summed E-state index contributed by atoms with van der Waals surface area (Å²) in [5, 5.41) is 13.0. The maximum Gasteiger partial charge on any atom is 0.309 e. The van der Waals surface area contributed by atoms with Crippen molar-refractivity contribution in [2.24, 2.45) is 11.3 Å². The van der Waals surface area contributed by atoms with Crippen molar-refractivity contribution in [1.29, 1.82) is 0 Å². The first-order valence-corrected chi connectivity index (χ1v) is 9.09. The third kappa shape index (κ3) is 2.00. The maximum atomic E-state index is 11.8. The predicted octanol–water partition coefficient (Wildman–Crippen LogP) is 3.40. The molecule has 2 aliphatic carbocycles. The summed E-state index contributed by atoms with van der Waals surface area (Å²) >= 11 is 4.15. The number of hydrogen-bond donors (Lipinski definition) is 1. The van der Waals surface area contributed by atoms with E-state index >= 15 is 0 Å². The highest BCUT2D eigenvalue weighted by atomic mass is 32.2. The van der Waals surface area contributed by atoms with Gasteiger partial charge in [0.15, 0.2) is 0 Å². The third-order valence-electron chi connectivity index (χ3n) is 5.43.